The lowest BCUT2D eigenvalue weighted by Crippen LogP contribution is -2.31. The first-order valence-corrected chi connectivity index (χ1v) is 6.10. The molecule has 1 amide bonds. The van der Waals surface area contributed by atoms with Gasteiger partial charge in [0.05, 0.1) is 12.7 Å². The topological polar surface area (TPSA) is 64.6 Å². The normalized spacial score (nSPS) is 10.1. The molecule has 0 radical (unpaired) electrons. The van der Waals surface area contributed by atoms with Crippen molar-refractivity contribution in [2.24, 2.45) is 5.92 Å². The summed E-state index contributed by atoms with van der Waals surface area (Å²) < 4.78 is 9.92. The highest BCUT2D eigenvalue weighted by Gasteiger charge is 2.07. The second kappa shape index (κ2) is 7.41. The van der Waals surface area contributed by atoms with Crippen LogP contribution in [0.4, 0.5) is 0 Å². The number of hydrogen-bond donors (Lipinski definition) is 1. The van der Waals surface area contributed by atoms with Crippen molar-refractivity contribution in [3.05, 3.63) is 29.8 Å². The van der Waals surface area contributed by atoms with Crippen LogP contribution in [0, 0.1) is 5.92 Å². The SMILES string of the molecule is COC(=O)c1cccc(OCC(=O)NCC(C)C)c1. The number of hydrogen-bond acceptors (Lipinski definition) is 4. The Morgan fingerprint density at radius 1 is 1.32 bits per heavy atom. The van der Waals surface area contributed by atoms with Gasteiger partial charge < -0.3 is 14.8 Å². The largest absolute Gasteiger partial charge is 0.484 e. The van der Waals surface area contributed by atoms with Crippen molar-refractivity contribution in [1.82, 2.24) is 5.32 Å². The Hall–Kier alpha value is -2.04. The molecule has 0 aliphatic carbocycles. The number of ether oxygens (including phenoxy) is 2. The molecule has 0 heterocycles. The maximum Gasteiger partial charge on any atom is 0.337 e. The molecule has 1 rings (SSSR count). The number of rotatable bonds is 6. The molecule has 0 aliphatic rings. The van der Waals surface area contributed by atoms with E-state index in [-0.39, 0.29) is 12.5 Å². The third kappa shape index (κ3) is 5.42. The fraction of sp³-hybridized carbons (Fsp3) is 0.429. The molecule has 1 aromatic carbocycles. The molecule has 0 spiro atoms. The highest BCUT2D eigenvalue weighted by atomic mass is 16.5. The summed E-state index contributed by atoms with van der Waals surface area (Å²) >= 11 is 0. The molecule has 0 saturated carbocycles. The van der Waals surface area contributed by atoms with E-state index < -0.39 is 5.97 Å². The molecule has 19 heavy (non-hydrogen) atoms. The summed E-state index contributed by atoms with van der Waals surface area (Å²) in [5.74, 6) is 0.237. The van der Waals surface area contributed by atoms with Gasteiger partial charge in [-0.25, -0.2) is 4.79 Å². The highest BCUT2D eigenvalue weighted by molar-refractivity contribution is 5.89. The molecule has 104 valence electrons. The van der Waals surface area contributed by atoms with Gasteiger partial charge in [-0.2, -0.15) is 0 Å². The van der Waals surface area contributed by atoms with Gasteiger partial charge in [0.15, 0.2) is 6.61 Å². The van der Waals surface area contributed by atoms with Crippen molar-refractivity contribution < 1.29 is 19.1 Å². The minimum absolute atomic E-state index is 0.0721. The first kappa shape index (κ1) is 15.0. The van der Waals surface area contributed by atoms with Crippen LogP contribution in [0.15, 0.2) is 24.3 Å². The lowest BCUT2D eigenvalue weighted by atomic mass is 10.2. The summed E-state index contributed by atoms with van der Waals surface area (Å²) in [5, 5.41) is 2.75. The van der Waals surface area contributed by atoms with Gasteiger partial charge in [0.2, 0.25) is 0 Å². The Balaban J connectivity index is 2.49. The van der Waals surface area contributed by atoms with Crippen LogP contribution in [-0.2, 0) is 9.53 Å². The molecule has 0 atom stereocenters. The number of benzene rings is 1. The molecule has 1 aromatic rings. The minimum atomic E-state index is -0.435. The van der Waals surface area contributed by atoms with Crippen molar-refractivity contribution >= 4 is 11.9 Å². The third-order valence-electron chi connectivity index (χ3n) is 2.33. The van der Waals surface area contributed by atoms with E-state index in [1.165, 1.54) is 7.11 Å². The van der Waals surface area contributed by atoms with Crippen LogP contribution in [0.1, 0.15) is 24.2 Å². The lowest BCUT2D eigenvalue weighted by Gasteiger charge is -2.09. The fourth-order valence-corrected chi connectivity index (χ4v) is 1.35. The molecule has 0 unspecified atom stereocenters. The zero-order valence-corrected chi connectivity index (χ0v) is 11.4. The van der Waals surface area contributed by atoms with Gasteiger partial charge >= 0.3 is 5.97 Å². The fourth-order valence-electron chi connectivity index (χ4n) is 1.35. The molecule has 1 N–H and O–H groups in total. The Kier molecular flexibility index (Phi) is 5.85. The van der Waals surface area contributed by atoms with Crippen LogP contribution >= 0.6 is 0 Å². The predicted octanol–water partition coefficient (Wildman–Crippen LogP) is 1.62. The van der Waals surface area contributed by atoms with Gasteiger partial charge in [0.1, 0.15) is 5.75 Å². The Morgan fingerprint density at radius 2 is 2.05 bits per heavy atom. The van der Waals surface area contributed by atoms with Crippen LogP contribution in [-0.4, -0.2) is 32.1 Å². The zero-order chi connectivity index (χ0) is 14.3. The summed E-state index contributed by atoms with van der Waals surface area (Å²) in [7, 11) is 1.31. The summed E-state index contributed by atoms with van der Waals surface area (Å²) in [4.78, 5) is 22.8. The average Bonchev–Trinajstić information content (AvgIpc) is 2.42. The Bertz CT molecular complexity index is 443. The number of esters is 1. The smallest absolute Gasteiger partial charge is 0.337 e. The summed E-state index contributed by atoms with van der Waals surface area (Å²) in [5.41, 5.74) is 0.391. The van der Waals surface area contributed by atoms with Gasteiger partial charge in [-0.3, -0.25) is 4.79 Å². The molecule has 0 bridgehead atoms. The van der Waals surface area contributed by atoms with E-state index in [1.54, 1.807) is 24.3 Å². The summed E-state index contributed by atoms with van der Waals surface area (Å²) in [6, 6.07) is 6.52. The number of amides is 1. The van der Waals surface area contributed by atoms with Crippen LogP contribution in [0.5, 0.6) is 5.75 Å². The molecule has 5 heteroatoms. The monoisotopic (exact) mass is 265 g/mol. The maximum atomic E-state index is 11.5. The second-order valence-electron chi connectivity index (χ2n) is 4.51. The average molecular weight is 265 g/mol. The standard InChI is InChI=1S/C14H19NO4/c1-10(2)8-15-13(16)9-19-12-6-4-5-11(7-12)14(17)18-3/h4-7,10H,8-9H2,1-3H3,(H,15,16). The zero-order valence-electron chi connectivity index (χ0n) is 11.4. The van der Waals surface area contributed by atoms with Crippen LogP contribution in [0.25, 0.3) is 0 Å². The highest BCUT2D eigenvalue weighted by Crippen LogP contribution is 2.13. The van der Waals surface area contributed by atoms with Crippen LogP contribution < -0.4 is 10.1 Å². The molecule has 5 nitrogen and oxygen atoms in total. The molecular formula is C14H19NO4. The van der Waals surface area contributed by atoms with Crippen molar-refractivity contribution in [2.75, 3.05) is 20.3 Å². The van der Waals surface area contributed by atoms with E-state index in [1.807, 2.05) is 13.8 Å². The van der Waals surface area contributed by atoms with Gasteiger partial charge in [-0.15, -0.1) is 0 Å². The third-order valence-corrected chi connectivity index (χ3v) is 2.33. The lowest BCUT2D eigenvalue weighted by molar-refractivity contribution is -0.123. The van der Waals surface area contributed by atoms with Crippen molar-refractivity contribution in [2.45, 2.75) is 13.8 Å². The number of nitrogens with one attached hydrogen (secondary N) is 1. The van der Waals surface area contributed by atoms with E-state index in [0.717, 1.165) is 0 Å². The first-order chi connectivity index (χ1) is 9.02. The van der Waals surface area contributed by atoms with E-state index >= 15 is 0 Å². The van der Waals surface area contributed by atoms with Gasteiger partial charge in [-0.05, 0) is 24.1 Å². The van der Waals surface area contributed by atoms with Crippen LogP contribution in [0.3, 0.4) is 0 Å². The van der Waals surface area contributed by atoms with Gasteiger partial charge in [-0.1, -0.05) is 19.9 Å². The molecule has 0 saturated heterocycles. The van der Waals surface area contributed by atoms with E-state index in [9.17, 15) is 9.59 Å². The molecule has 0 aromatic heterocycles. The van der Waals surface area contributed by atoms with E-state index in [0.29, 0.717) is 23.8 Å². The molecule has 0 fully saturated rings. The molecular weight excluding hydrogens is 246 g/mol. The van der Waals surface area contributed by atoms with Crippen molar-refractivity contribution in [3.63, 3.8) is 0 Å². The maximum absolute atomic E-state index is 11.5. The number of carbonyl (C=O) groups is 2. The summed E-state index contributed by atoms with van der Waals surface area (Å²) in [6.07, 6.45) is 0. The number of carbonyl (C=O) groups excluding carboxylic acids is 2. The van der Waals surface area contributed by atoms with Crippen molar-refractivity contribution in [1.29, 1.82) is 0 Å². The Morgan fingerprint density at radius 3 is 2.68 bits per heavy atom. The first-order valence-electron chi connectivity index (χ1n) is 6.10. The Labute approximate surface area is 112 Å². The van der Waals surface area contributed by atoms with E-state index in [4.69, 9.17) is 4.74 Å². The summed E-state index contributed by atoms with van der Waals surface area (Å²) in [6.45, 7) is 4.57. The van der Waals surface area contributed by atoms with Gasteiger partial charge in [0, 0.05) is 6.54 Å². The van der Waals surface area contributed by atoms with Gasteiger partial charge in [0.25, 0.3) is 5.91 Å². The van der Waals surface area contributed by atoms with E-state index in [2.05, 4.69) is 10.1 Å². The molecule has 0 aliphatic heterocycles. The second-order valence-corrected chi connectivity index (χ2v) is 4.51. The van der Waals surface area contributed by atoms with Crippen LogP contribution in [0.2, 0.25) is 0 Å². The number of methoxy groups -OCH3 is 1. The predicted molar refractivity (Wildman–Crippen MR) is 71.1 cm³/mol. The quantitative estimate of drug-likeness (QED) is 0.794. The minimum Gasteiger partial charge on any atom is -0.484 e. The van der Waals surface area contributed by atoms with Crippen molar-refractivity contribution in [3.8, 4) is 5.75 Å².